The molecule has 12 nitrogen and oxygen atoms in total. The van der Waals surface area contributed by atoms with Gasteiger partial charge < -0.3 is 40.1 Å². The molecule has 2 heterocycles. The molecule has 0 amide bonds. The van der Waals surface area contributed by atoms with Crippen LogP contribution in [0.15, 0.2) is 73.1 Å². The second-order valence-corrected chi connectivity index (χ2v) is 5.11. The van der Waals surface area contributed by atoms with Crippen LogP contribution in [0.3, 0.4) is 0 Å². The summed E-state index contributed by atoms with van der Waals surface area (Å²) in [4.78, 5) is 25.0. The first-order chi connectivity index (χ1) is 14.4. The third-order valence-corrected chi connectivity index (χ3v) is 3.05. The van der Waals surface area contributed by atoms with Gasteiger partial charge in [-0.3, -0.25) is 9.97 Å². The number of nitrogens with zero attached hydrogens (tertiary/aromatic N) is 4. The Balaban J connectivity index is 0.000000867. The van der Waals surface area contributed by atoms with E-state index in [1.54, 1.807) is 12.4 Å². The molecule has 0 saturated heterocycles. The first kappa shape index (κ1) is 27.0. The molecule has 0 aliphatic carbocycles. The number of para-hydroxylation sites is 2. The molecule has 1 radical (unpaired) electrons. The molecule has 3 rings (SSSR count). The maximum absolute atomic E-state index is 8.25. The third-order valence-electron chi connectivity index (χ3n) is 3.05. The molecule has 0 aliphatic rings. The zero-order valence-corrected chi connectivity index (χ0v) is 16.6. The summed E-state index contributed by atoms with van der Waals surface area (Å²) in [6, 6.07) is 19.1. The van der Waals surface area contributed by atoms with Crippen molar-refractivity contribution in [1.82, 2.24) is 9.97 Å². The molecule has 0 bridgehead atoms. The number of pyridine rings is 2. The molecule has 3 aromatic rings. The first-order valence-corrected chi connectivity index (χ1v) is 8.16. The minimum absolute atomic E-state index is 0. The minimum Gasteiger partial charge on any atom is -0.483 e. The molecule has 167 valence electrons. The van der Waals surface area contributed by atoms with Crippen LogP contribution in [0.2, 0.25) is 0 Å². The number of hydrogen-bond donors (Lipinski definition) is 0. The van der Waals surface area contributed by atoms with E-state index in [9.17, 15) is 0 Å². The Morgan fingerprint density at radius 2 is 0.968 bits per heavy atom. The first-order valence-electron chi connectivity index (χ1n) is 8.16. The van der Waals surface area contributed by atoms with Crippen LogP contribution in [0.5, 0.6) is 11.5 Å². The van der Waals surface area contributed by atoms with E-state index in [0.717, 1.165) is 11.4 Å². The van der Waals surface area contributed by atoms with Gasteiger partial charge in [0.15, 0.2) is 11.5 Å². The van der Waals surface area contributed by atoms with Crippen LogP contribution < -0.4 is 9.47 Å². The largest absolute Gasteiger partial charge is 2.00 e. The van der Waals surface area contributed by atoms with Crippen LogP contribution in [-0.2, 0) is 30.3 Å². The SMILES string of the molecule is O=[N+]([O-])[O-].O=[N+]([O-])[O-].[Cu+2].c1ccc(COc2ccccc2OCc2ccccn2)nc1. The summed E-state index contributed by atoms with van der Waals surface area (Å²) in [7, 11) is 0. The summed E-state index contributed by atoms with van der Waals surface area (Å²) in [6.45, 7) is 0.815. The van der Waals surface area contributed by atoms with Crippen LogP contribution in [-0.4, -0.2) is 20.1 Å². The number of benzene rings is 1. The predicted molar refractivity (Wildman–Crippen MR) is 104 cm³/mol. The molecule has 0 saturated carbocycles. The smallest absolute Gasteiger partial charge is 0.483 e. The standard InChI is InChI=1S/C18H16N2O2.Cu.2NO3/c1-2-10-18(22-14-16-8-4-6-12-20-16)17(9-1)21-13-15-7-3-5-11-19-15;;2*2-1(3)4/h1-12H,13-14H2;;;/q;+2;2*-1. The van der Waals surface area contributed by atoms with E-state index in [4.69, 9.17) is 40.1 Å². The maximum Gasteiger partial charge on any atom is 2.00 e. The molecule has 0 atom stereocenters. The Morgan fingerprint density at radius 1 is 0.645 bits per heavy atom. The molecule has 0 unspecified atom stereocenters. The van der Waals surface area contributed by atoms with Gasteiger partial charge in [-0.2, -0.15) is 0 Å². The fourth-order valence-electron chi connectivity index (χ4n) is 1.96. The van der Waals surface area contributed by atoms with Crippen molar-refractivity contribution in [2.45, 2.75) is 13.2 Å². The molecule has 13 heteroatoms. The number of aromatic nitrogens is 2. The number of rotatable bonds is 6. The van der Waals surface area contributed by atoms with Gasteiger partial charge in [0.2, 0.25) is 0 Å². The minimum atomic E-state index is -1.75. The van der Waals surface area contributed by atoms with Crippen molar-refractivity contribution in [2.75, 3.05) is 0 Å². The fourth-order valence-corrected chi connectivity index (χ4v) is 1.96. The van der Waals surface area contributed by atoms with Crippen molar-refractivity contribution >= 4 is 0 Å². The molecule has 2 aromatic heterocycles. The van der Waals surface area contributed by atoms with Crippen molar-refractivity contribution in [2.24, 2.45) is 0 Å². The van der Waals surface area contributed by atoms with Gasteiger partial charge >= 0.3 is 17.1 Å². The van der Waals surface area contributed by atoms with Gasteiger partial charge in [0.1, 0.15) is 13.2 Å². The Bertz CT molecular complexity index is 821. The molecule has 31 heavy (non-hydrogen) atoms. The van der Waals surface area contributed by atoms with Crippen molar-refractivity contribution in [3.05, 3.63) is 115 Å². The Labute approximate surface area is 186 Å². The predicted octanol–water partition coefficient (Wildman–Crippen LogP) is 3.15. The monoisotopic (exact) mass is 479 g/mol. The van der Waals surface area contributed by atoms with E-state index in [0.29, 0.717) is 24.7 Å². The summed E-state index contributed by atoms with van der Waals surface area (Å²) in [5, 5.41) is 29.5. The van der Waals surface area contributed by atoms with Crippen molar-refractivity contribution in [3.63, 3.8) is 0 Å². The van der Waals surface area contributed by atoms with Crippen LogP contribution >= 0.6 is 0 Å². The second kappa shape index (κ2) is 15.9. The van der Waals surface area contributed by atoms with E-state index < -0.39 is 10.2 Å². The molecular formula is C18H16CuN4O8. The summed E-state index contributed by atoms with van der Waals surface area (Å²) >= 11 is 0. The average Bonchev–Trinajstić information content (AvgIpc) is 2.72. The second-order valence-electron chi connectivity index (χ2n) is 5.11. The van der Waals surface area contributed by atoms with Gasteiger partial charge in [-0.1, -0.05) is 24.3 Å². The molecule has 0 spiro atoms. The zero-order chi connectivity index (χ0) is 22.2. The molecule has 0 fully saturated rings. The average molecular weight is 480 g/mol. The Morgan fingerprint density at radius 3 is 1.26 bits per heavy atom. The van der Waals surface area contributed by atoms with Gasteiger partial charge in [-0.05, 0) is 36.4 Å². The molecular weight excluding hydrogens is 464 g/mol. The third kappa shape index (κ3) is 13.8. The number of ether oxygens (including phenoxy) is 2. The van der Waals surface area contributed by atoms with Gasteiger partial charge in [-0.15, -0.1) is 0 Å². The van der Waals surface area contributed by atoms with Crippen LogP contribution in [0.1, 0.15) is 11.4 Å². The van der Waals surface area contributed by atoms with Crippen LogP contribution in [0, 0.1) is 30.6 Å². The Kier molecular flexibility index (Phi) is 13.9. The summed E-state index contributed by atoms with van der Waals surface area (Å²) in [5.74, 6) is 1.40. The van der Waals surface area contributed by atoms with E-state index in [-0.39, 0.29) is 17.1 Å². The van der Waals surface area contributed by atoms with Gasteiger partial charge in [0.05, 0.1) is 21.6 Å². The number of hydrogen-bond acceptors (Lipinski definition) is 10. The summed E-state index contributed by atoms with van der Waals surface area (Å²) < 4.78 is 11.6. The summed E-state index contributed by atoms with van der Waals surface area (Å²) in [5.41, 5.74) is 1.75. The van der Waals surface area contributed by atoms with Crippen LogP contribution in [0.25, 0.3) is 0 Å². The molecule has 0 N–H and O–H groups in total. The van der Waals surface area contributed by atoms with E-state index in [1.807, 2.05) is 60.7 Å². The Hall–Kier alpha value is -3.96. The summed E-state index contributed by atoms with van der Waals surface area (Å²) in [6.07, 6.45) is 3.50. The van der Waals surface area contributed by atoms with Crippen molar-refractivity contribution in [1.29, 1.82) is 0 Å². The van der Waals surface area contributed by atoms with Crippen molar-refractivity contribution < 1.29 is 36.7 Å². The van der Waals surface area contributed by atoms with E-state index in [2.05, 4.69) is 9.97 Å². The van der Waals surface area contributed by atoms with Gasteiger partial charge in [-0.25, -0.2) is 0 Å². The molecule has 1 aromatic carbocycles. The quantitative estimate of drug-likeness (QED) is 0.289. The normalized spacial score (nSPS) is 8.77. The fraction of sp³-hybridized carbons (Fsp3) is 0.111. The van der Waals surface area contributed by atoms with Gasteiger partial charge in [0, 0.05) is 12.4 Å². The maximum atomic E-state index is 8.25. The van der Waals surface area contributed by atoms with E-state index >= 15 is 0 Å². The van der Waals surface area contributed by atoms with Gasteiger partial charge in [0.25, 0.3) is 0 Å². The zero-order valence-electron chi connectivity index (χ0n) is 15.7. The molecule has 0 aliphatic heterocycles. The van der Waals surface area contributed by atoms with Crippen LogP contribution in [0.4, 0.5) is 0 Å². The topological polar surface area (TPSA) is 177 Å². The van der Waals surface area contributed by atoms with E-state index in [1.165, 1.54) is 0 Å². The van der Waals surface area contributed by atoms with Crippen molar-refractivity contribution in [3.8, 4) is 11.5 Å².